The van der Waals surface area contributed by atoms with Gasteiger partial charge >= 0.3 is 0 Å². The number of benzene rings is 1. The highest BCUT2D eigenvalue weighted by molar-refractivity contribution is 5.80. The van der Waals surface area contributed by atoms with E-state index < -0.39 is 6.10 Å². The van der Waals surface area contributed by atoms with Crippen LogP contribution in [0.3, 0.4) is 0 Å². The number of hydrogen-bond donors (Lipinski definition) is 2. The summed E-state index contributed by atoms with van der Waals surface area (Å²) in [6.45, 7) is 1.96. The third-order valence-electron chi connectivity index (χ3n) is 3.40. The molecule has 0 radical (unpaired) electrons. The number of nitrogens with one attached hydrogen (secondary N) is 1. The van der Waals surface area contributed by atoms with Gasteiger partial charge in [-0.05, 0) is 36.1 Å². The molecular weight excluding hydrogens is 216 g/mol. The molecule has 1 atom stereocenters. The molecule has 1 heterocycles. The average Bonchev–Trinajstić information content (AvgIpc) is 2.68. The molecule has 1 aliphatic carbocycles. The van der Waals surface area contributed by atoms with Crippen molar-refractivity contribution in [3.05, 3.63) is 39.4 Å². The maximum Gasteiger partial charge on any atom is 0.258 e. The molecule has 1 aromatic heterocycles. The summed E-state index contributed by atoms with van der Waals surface area (Å²) in [6.07, 6.45) is 1.89. The molecule has 2 aromatic rings. The highest BCUT2D eigenvalue weighted by atomic mass is 16.3. The molecule has 0 saturated heterocycles. The topological polar surface area (TPSA) is 66.0 Å². The van der Waals surface area contributed by atoms with E-state index in [0.29, 0.717) is 17.6 Å². The number of aliphatic hydroxyl groups excluding tert-OH is 1. The Bertz CT molecular complexity index is 646. The third kappa shape index (κ3) is 1.56. The van der Waals surface area contributed by atoms with Gasteiger partial charge in [0, 0.05) is 6.42 Å². The molecule has 0 unspecified atom stereocenters. The normalized spacial score (nSPS) is 18.6. The van der Waals surface area contributed by atoms with Crippen molar-refractivity contribution in [3.63, 3.8) is 0 Å². The van der Waals surface area contributed by atoms with Gasteiger partial charge in [0.15, 0.2) is 0 Å². The van der Waals surface area contributed by atoms with Crippen LogP contribution in [0.15, 0.2) is 16.9 Å². The van der Waals surface area contributed by atoms with E-state index in [2.05, 4.69) is 9.97 Å². The van der Waals surface area contributed by atoms with Gasteiger partial charge in [-0.3, -0.25) is 4.79 Å². The predicted octanol–water partition coefficient (Wildman–Crippen LogP) is 1.47. The number of aromatic amines is 1. The first-order valence-electron chi connectivity index (χ1n) is 5.93. The Morgan fingerprint density at radius 1 is 1.53 bits per heavy atom. The summed E-state index contributed by atoms with van der Waals surface area (Å²) >= 11 is 0. The van der Waals surface area contributed by atoms with Crippen molar-refractivity contribution in [2.75, 3.05) is 0 Å². The molecule has 0 aliphatic heterocycles. The van der Waals surface area contributed by atoms with Gasteiger partial charge in [-0.25, -0.2) is 4.98 Å². The first-order valence-corrected chi connectivity index (χ1v) is 5.93. The lowest BCUT2D eigenvalue weighted by Gasteiger charge is -2.06. The fourth-order valence-corrected chi connectivity index (χ4v) is 2.44. The molecule has 2 N–H and O–H groups in total. The van der Waals surface area contributed by atoms with Crippen LogP contribution >= 0.6 is 0 Å². The van der Waals surface area contributed by atoms with Crippen molar-refractivity contribution >= 4 is 10.9 Å². The summed E-state index contributed by atoms with van der Waals surface area (Å²) < 4.78 is 0. The van der Waals surface area contributed by atoms with Gasteiger partial charge in [0.1, 0.15) is 5.82 Å². The molecule has 1 aliphatic rings. The van der Waals surface area contributed by atoms with Gasteiger partial charge in [0.2, 0.25) is 0 Å². The second-order valence-corrected chi connectivity index (χ2v) is 4.49. The Balaban J connectivity index is 2.33. The summed E-state index contributed by atoms with van der Waals surface area (Å²) in [5.41, 5.74) is 2.62. The van der Waals surface area contributed by atoms with Crippen LogP contribution < -0.4 is 5.56 Å². The number of aryl methyl sites for hydroxylation is 2. The van der Waals surface area contributed by atoms with Crippen LogP contribution in [0, 0.1) is 0 Å². The number of fused-ring (bicyclic) bond motifs is 2. The molecule has 17 heavy (non-hydrogen) atoms. The van der Waals surface area contributed by atoms with Gasteiger partial charge < -0.3 is 10.1 Å². The van der Waals surface area contributed by atoms with Crippen molar-refractivity contribution in [2.45, 2.75) is 32.3 Å². The summed E-state index contributed by atoms with van der Waals surface area (Å²) in [7, 11) is 0. The van der Waals surface area contributed by atoms with Crippen LogP contribution in [-0.2, 0) is 12.8 Å². The standard InChI is InChI=1S/C13H14N2O2/c1-2-12-14-10-5-7-3-4-11(16)8(7)6-9(10)13(17)15-12/h5-6,11,16H,2-4H2,1H3,(H,14,15,17)/t11-/m1/s1. The fraction of sp³-hybridized carbons (Fsp3) is 0.385. The van der Waals surface area contributed by atoms with Gasteiger partial charge in [-0.2, -0.15) is 0 Å². The minimum atomic E-state index is -0.431. The maximum absolute atomic E-state index is 11.9. The van der Waals surface area contributed by atoms with Crippen LogP contribution in [0.5, 0.6) is 0 Å². The Labute approximate surface area is 98.3 Å². The first-order chi connectivity index (χ1) is 8.19. The molecule has 4 heteroatoms. The molecule has 0 saturated carbocycles. The van der Waals surface area contributed by atoms with Crippen LogP contribution in [0.25, 0.3) is 10.9 Å². The van der Waals surface area contributed by atoms with E-state index in [-0.39, 0.29) is 5.56 Å². The number of aromatic nitrogens is 2. The zero-order chi connectivity index (χ0) is 12.0. The van der Waals surface area contributed by atoms with Crippen molar-refractivity contribution < 1.29 is 5.11 Å². The first kappa shape index (κ1) is 10.5. The van der Waals surface area contributed by atoms with E-state index in [0.717, 1.165) is 29.5 Å². The number of nitrogens with zero attached hydrogens (tertiary/aromatic N) is 1. The quantitative estimate of drug-likeness (QED) is 0.779. The van der Waals surface area contributed by atoms with E-state index in [4.69, 9.17) is 0 Å². The van der Waals surface area contributed by atoms with E-state index in [1.54, 1.807) is 6.07 Å². The molecule has 1 aromatic carbocycles. The monoisotopic (exact) mass is 230 g/mol. The van der Waals surface area contributed by atoms with Gasteiger partial charge in [0.05, 0.1) is 17.0 Å². The second-order valence-electron chi connectivity index (χ2n) is 4.49. The fourth-order valence-electron chi connectivity index (χ4n) is 2.44. The summed E-state index contributed by atoms with van der Waals surface area (Å²) in [6, 6.07) is 3.73. The summed E-state index contributed by atoms with van der Waals surface area (Å²) in [5, 5.41) is 10.4. The molecule has 0 fully saturated rings. The Morgan fingerprint density at radius 3 is 3.12 bits per heavy atom. The smallest absolute Gasteiger partial charge is 0.258 e. The number of aliphatic hydroxyl groups is 1. The largest absolute Gasteiger partial charge is 0.388 e. The van der Waals surface area contributed by atoms with E-state index in [9.17, 15) is 9.90 Å². The lowest BCUT2D eigenvalue weighted by atomic mass is 10.1. The highest BCUT2D eigenvalue weighted by Crippen LogP contribution is 2.32. The van der Waals surface area contributed by atoms with Gasteiger partial charge in [-0.1, -0.05) is 6.92 Å². The van der Waals surface area contributed by atoms with E-state index in [1.165, 1.54) is 0 Å². The molecule has 4 nitrogen and oxygen atoms in total. The molecule has 88 valence electrons. The number of rotatable bonds is 1. The highest BCUT2D eigenvalue weighted by Gasteiger charge is 2.21. The lowest BCUT2D eigenvalue weighted by Crippen LogP contribution is -2.12. The molecule has 3 rings (SSSR count). The van der Waals surface area contributed by atoms with Crippen molar-refractivity contribution in [3.8, 4) is 0 Å². The van der Waals surface area contributed by atoms with Gasteiger partial charge in [-0.15, -0.1) is 0 Å². The average molecular weight is 230 g/mol. The van der Waals surface area contributed by atoms with Gasteiger partial charge in [0.25, 0.3) is 5.56 Å². The zero-order valence-electron chi connectivity index (χ0n) is 9.66. The minimum absolute atomic E-state index is 0.117. The third-order valence-corrected chi connectivity index (χ3v) is 3.40. The van der Waals surface area contributed by atoms with Crippen molar-refractivity contribution in [1.82, 2.24) is 9.97 Å². The summed E-state index contributed by atoms with van der Waals surface area (Å²) in [4.78, 5) is 19.1. The maximum atomic E-state index is 11.9. The van der Waals surface area contributed by atoms with Crippen LogP contribution in [0.1, 0.15) is 36.4 Å². The Morgan fingerprint density at radius 2 is 2.35 bits per heavy atom. The van der Waals surface area contributed by atoms with E-state index in [1.807, 2.05) is 13.0 Å². The Hall–Kier alpha value is -1.68. The zero-order valence-corrected chi connectivity index (χ0v) is 9.66. The molecular formula is C13H14N2O2. The Kier molecular flexibility index (Phi) is 2.26. The molecule has 0 spiro atoms. The predicted molar refractivity (Wildman–Crippen MR) is 65.0 cm³/mol. The minimum Gasteiger partial charge on any atom is -0.388 e. The van der Waals surface area contributed by atoms with Crippen LogP contribution in [0.2, 0.25) is 0 Å². The number of hydrogen-bond acceptors (Lipinski definition) is 3. The van der Waals surface area contributed by atoms with Crippen LogP contribution in [-0.4, -0.2) is 15.1 Å². The van der Waals surface area contributed by atoms with E-state index >= 15 is 0 Å². The number of H-pyrrole nitrogens is 1. The van der Waals surface area contributed by atoms with Crippen LogP contribution in [0.4, 0.5) is 0 Å². The second kappa shape index (κ2) is 3.67. The SMILES string of the molecule is CCc1nc2cc3c(cc2c(=O)[nH]1)[C@H](O)CC3. The summed E-state index contributed by atoms with van der Waals surface area (Å²) in [5.74, 6) is 0.709. The molecule has 0 bridgehead atoms. The molecule has 0 amide bonds. The lowest BCUT2D eigenvalue weighted by molar-refractivity contribution is 0.180. The van der Waals surface area contributed by atoms with Crippen molar-refractivity contribution in [1.29, 1.82) is 0 Å². The van der Waals surface area contributed by atoms with Crippen molar-refractivity contribution in [2.24, 2.45) is 0 Å².